The third-order valence-corrected chi connectivity index (χ3v) is 3.48. The quantitative estimate of drug-likeness (QED) is 0.740. The highest BCUT2D eigenvalue weighted by molar-refractivity contribution is 9.09. The molecule has 0 heterocycles. The molecule has 1 amide bonds. The molecule has 0 aliphatic rings. The second-order valence-corrected chi connectivity index (χ2v) is 5.45. The molecule has 0 aromatic heterocycles. The second-order valence-electron chi connectivity index (χ2n) is 4.65. The van der Waals surface area contributed by atoms with E-state index in [1.54, 1.807) is 0 Å². The van der Waals surface area contributed by atoms with Crippen molar-refractivity contribution in [3.05, 3.63) is 71.8 Å². The number of nitrogens with zero attached hydrogens (tertiary/aromatic N) is 1. The zero-order chi connectivity index (χ0) is 14.2. The maximum atomic E-state index is 12.4. The van der Waals surface area contributed by atoms with E-state index in [0.29, 0.717) is 13.0 Å². The smallest absolute Gasteiger partial charge is 0.227 e. The molecule has 0 bridgehead atoms. The monoisotopic (exact) mass is 331 g/mol. The van der Waals surface area contributed by atoms with Crippen LogP contribution in [0, 0.1) is 0 Å². The lowest BCUT2D eigenvalue weighted by atomic mass is 10.1. The van der Waals surface area contributed by atoms with Crippen LogP contribution in [0.2, 0.25) is 0 Å². The summed E-state index contributed by atoms with van der Waals surface area (Å²) < 4.78 is 0. The van der Waals surface area contributed by atoms with Crippen LogP contribution in [0.1, 0.15) is 11.1 Å². The highest BCUT2D eigenvalue weighted by atomic mass is 79.9. The van der Waals surface area contributed by atoms with Gasteiger partial charge in [-0.15, -0.1) is 0 Å². The zero-order valence-electron chi connectivity index (χ0n) is 11.3. The molecule has 20 heavy (non-hydrogen) atoms. The number of halogens is 1. The predicted molar refractivity (Wildman–Crippen MR) is 85.8 cm³/mol. The van der Waals surface area contributed by atoms with Gasteiger partial charge in [-0.3, -0.25) is 4.79 Å². The van der Waals surface area contributed by atoms with Gasteiger partial charge in [0.05, 0.1) is 6.42 Å². The van der Waals surface area contributed by atoms with Gasteiger partial charge in [0.15, 0.2) is 0 Å². The third kappa shape index (κ3) is 4.49. The molecular formula is C17H18BrNO. The maximum absolute atomic E-state index is 12.4. The van der Waals surface area contributed by atoms with Crippen LogP contribution in [0.5, 0.6) is 0 Å². The molecule has 0 aliphatic carbocycles. The number of amides is 1. The molecule has 0 atom stereocenters. The van der Waals surface area contributed by atoms with Gasteiger partial charge in [-0.25, -0.2) is 0 Å². The molecule has 0 N–H and O–H groups in total. The molecule has 2 aromatic rings. The molecule has 2 aromatic carbocycles. The average molecular weight is 332 g/mol. The SMILES string of the molecule is O=C(Cc1ccccc1)N(CCBr)Cc1ccccc1. The molecule has 0 saturated carbocycles. The van der Waals surface area contributed by atoms with Crippen molar-refractivity contribution in [1.29, 1.82) is 0 Å². The van der Waals surface area contributed by atoms with Gasteiger partial charge in [0, 0.05) is 18.4 Å². The van der Waals surface area contributed by atoms with Crippen LogP contribution in [-0.4, -0.2) is 22.7 Å². The lowest BCUT2D eigenvalue weighted by Gasteiger charge is -2.22. The number of carbonyl (C=O) groups excluding carboxylic acids is 1. The van der Waals surface area contributed by atoms with Crippen LogP contribution in [0.25, 0.3) is 0 Å². The van der Waals surface area contributed by atoms with E-state index < -0.39 is 0 Å². The molecule has 0 fully saturated rings. The first kappa shape index (κ1) is 14.8. The Kier molecular flexibility index (Phi) is 5.81. The molecule has 0 spiro atoms. The van der Waals surface area contributed by atoms with Crippen molar-refractivity contribution in [2.75, 3.05) is 11.9 Å². The van der Waals surface area contributed by atoms with Crippen molar-refractivity contribution in [2.24, 2.45) is 0 Å². The fraction of sp³-hybridized carbons (Fsp3) is 0.235. The topological polar surface area (TPSA) is 20.3 Å². The molecule has 2 rings (SSSR count). The Morgan fingerprint density at radius 2 is 1.45 bits per heavy atom. The number of hydrogen-bond acceptors (Lipinski definition) is 1. The molecular weight excluding hydrogens is 314 g/mol. The van der Waals surface area contributed by atoms with Gasteiger partial charge >= 0.3 is 0 Å². The van der Waals surface area contributed by atoms with E-state index in [0.717, 1.165) is 23.0 Å². The highest BCUT2D eigenvalue weighted by Crippen LogP contribution is 2.08. The zero-order valence-corrected chi connectivity index (χ0v) is 12.9. The second kappa shape index (κ2) is 7.85. The molecule has 0 saturated heterocycles. The minimum atomic E-state index is 0.166. The number of hydrogen-bond donors (Lipinski definition) is 0. The fourth-order valence-corrected chi connectivity index (χ4v) is 2.51. The first-order valence-corrected chi connectivity index (χ1v) is 7.83. The van der Waals surface area contributed by atoms with Gasteiger partial charge in [-0.2, -0.15) is 0 Å². The van der Waals surface area contributed by atoms with Gasteiger partial charge in [0.25, 0.3) is 0 Å². The minimum absolute atomic E-state index is 0.166. The minimum Gasteiger partial charge on any atom is -0.337 e. The summed E-state index contributed by atoms with van der Waals surface area (Å²) in [5.41, 5.74) is 2.22. The van der Waals surface area contributed by atoms with E-state index in [4.69, 9.17) is 0 Å². The van der Waals surface area contributed by atoms with E-state index >= 15 is 0 Å². The van der Waals surface area contributed by atoms with Gasteiger partial charge in [-0.1, -0.05) is 76.6 Å². The van der Waals surface area contributed by atoms with E-state index in [-0.39, 0.29) is 5.91 Å². The van der Waals surface area contributed by atoms with E-state index in [1.165, 1.54) is 0 Å². The van der Waals surface area contributed by atoms with Crippen LogP contribution in [-0.2, 0) is 17.8 Å². The molecule has 0 aliphatic heterocycles. The van der Waals surface area contributed by atoms with Gasteiger partial charge in [-0.05, 0) is 11.1 Å². The van der Waals surface area contributed by atoms with Crippen LogP contribution in [0.3, 0.4) is 0 Å². The Morgan fingerprint density at radius 1 is 0.900 bits per heavy atom. The summed E-state index contributed by atoms with van der Waals surface area (Å²) in [7, 11) is 0. The predicted octanol–water partition coefficient (Wildman–Crippen LogP) is 3.65. The molecule has 0 radical (unpaired) electrons. The molecule has 104 valence electrons. The summed E-state index contributed by atoms with van der Waals surface area (Å²) in [6.45, 7) is 1.39. The summed E-state index contributed by atoms with van der Waals surface area (Å²) in [4.78, 5) is 14.3. The highest BCUT2D eigenvalue weighted by Gasteiger charge is 2.13. The molecule has 2 nitrogen and oxygen atoms in total. The molecule has 0 unspecified atom stereocenters. The van der Waals surface area contributed by atoms with Crippen LogP contribution >= 0.6 is 15.9 Å². The Morgan fingerprint density at radius 3 is 2.00 bits per heavy atom. The van der Waals surface area contributed by atoms with Crippen molar-refractivity contribution < 1.29 is 4.79 Å². The van der Waals surface area contributed by atoms with Crippen molar-refractivity contribution in [3.63, 3.8) is 0 Å². The van der Waals surface area contributed by atoms with Crippen molar-refractivity contribution in [2.45, 2.75) is 13.0 Å². The van der Waals surface area contributed by atoms with Crippen LogP contribution in [0.4, 0.5) is 0 Å². The van der Waals surface area contributed by atoms with Crippen LogP contribution < -0.4 is 0 Å². The fourth-order valence-electron chi connectivity index (χ4n) is 2.08. The summed E-state index contributed by atoms with van der Waals surface area (Å²) in [6, 6.07) is 20.0. The van der Waals surface area contributed by atoms with Gasteiger partial charge < -0.3 is 4.90 Å². The first-order chi connectivity index (χ1) is 9.79. The van der Waals surface area contributed by atoms with Gasteiger partial charge in [0.2, 0.25) is 5.91 Å². The average Bonchev–Trinajstić information content (AvgIpc) is 2.49. The lowest BCUT2D eigenvalue weighted by Crippen LogP contribution is -2.33. The summed E-state index contributed by atoms with van der Waals surface area (Å²) >= 11 is 3.42. The van der Waals surface area contributed by atoms with Gasteiger partial charge in [0.1, 0.15) is 0 Å². The number of rotatable bonds is 6. The Balaban J connectivity index is 2.02. The first-order valence-electron chi connectivity index (χ1n) is 6.71. The van der Waals surface area contributed by atoms with E-state index in [2.05, 4.69) is 28.1 Å². The summed E-state index contributed by atoms with van der Waals surface area (Å²) in [6.07, 6.45) is 0.459. The number of alkyl halides is 1. The van der Waals surface area contributed by atoms with Crippen molar-refractivity contribution >= 4 is 21.8 Å². The van der Waals surface area contributed by atoms with Crippen molar-refractivity contribution in [1.82, 2.24) is 4.90 Å². The Hall–Kier alpha value is -1.61. The lowest BCUT2D eigenvalue weighted by molar-refractivity contribution is -0.130. The Labute approximate surface area is 128 Å². The Bertz CT molecular complexity index is 527. The normalized spacial score (nSPS) is 10.2. The summed E-state index contributed by atoms with van der Waals surface area (Å²) in [5.74, 6) is 0.166. The summed E-state index contributed by atoms with van der Waals surface area (Å²) in [5, 5.41) is 0.792. The number of benzene rings is 2. The van der Waals surface area contributed by atoms with E-state index in [1.807, 2.05) is 53.4 Å². The largest absolute Gasteiger partial charge is 0.337 e. The van der Waals surface area contributed by atoms with E-state index in [9.17, 15) is 4.79 Å². The van der Waals surface area contributed by atoms with Crippen LogP contribution in [0.15, 0.2) is 60.7 Å². The third-order valence-electron chi connectivity index (χ3n) is 3.12. The van der Waals surface area contributed by atoms with Crippen molar-refractivity contribution in [3.8, 4) is 0 Å². The standard InChI is InChI=1S/C17H18BrNO/c18-11-12-19(14-16-9-5-2-6-10-16)17(20)13-15-7-3-1-4-8-15/h1-10H,11-14H2. The molecule has 3 heteroatoms. The maximum Gasteiger partial charge on any atom is 0.227 e. The number of carbonyl (C=O) groups is 1.